The van der Waals surface area contributed by atoms with Crippen molar-refractivity contribution >= 4 is 17.6 Å². The fourth-order valence-corrected chi connectivity index (χ4v) is 2.64. The molecule has 154 valence electrons. The molecule has 0 unspecified atom stereocenters. The summed E-state index contributed by atoms with van der Waals surface area (Å²) < 4.78 is 15.7. The van der Waals surface area contributed by atoms with Gasteiger partial charge in [-0.05, 0) is 55.0 Å². The summed E-state index contributed by atoms with van der Waals surface area (Å²) in [5.41, 5.74) is 2.86. The molecule has 0 spiro atoms. The number of ether oxygens (including phenoxy) is 3. The number of hydrogen-bond donors (Lipinski definition) is 1. The largest absolute Gasteiger partial charge is 0.489 e. The van der Waals surface area contributed by atoms with Crippen LogP contribution in [-0.4, -0.2) is 30.6 Å². The van der Waals surface area contributed by atoms with Crippen LogP contribution in [0.1, 0.15) is 21.5 Å². The molecule has 0 aliphatic heterocycles. The highest BCUT2D eigenvalue weighted by Crippen LogP contribution is 2.23. The smallest absolute Gasteiger partial charge is 0.343 e. The zero-order valence-electron chi connectivity index (χ0n) is 16.8. The van der Waals surface area contributed by atoms with Crippen molar-refractivity contribution in [3.63, 3.8) is 0 Å². The Balaban J connectivity index is 1.62. The van der Waals surface area contributed by atoms with Gasteiger partial charge < -0.3 is 19.5 Å². The standard InChI is InChI=1S/C23H22N2O5/c1-16-11-20(30-15-22(26)28-2)8-9-21(16)25-23(27)18-6-3-7-19(12-18)29-14-17-5-4-10-24-13-17/h3-13H,14-15H2,1-2H3,(H,25,27). The summed E-state index contributed by atoms with van der Waals surface area (Å²) in [6.45, 7) is 2.03. The monoisotopic (exact) mass is 406 g/mol. The third kappa shape index (κ3) is 5.81. The number of esters is 1. The lowest BCUT2D eigenvalue weighted by atomic mass is 10.1. The Kier molecular flexibility index (Phi) is 7.00. The molecule has 1 N–H and O–H groups in total. The summed E-state index contributed by atoms with van der Waals surface area (Å²) in [6.07, 6.45) is 3.44. The SMILES string of the molecule is COC(=O)COc1ccc(NC(=O)c2cccc(OCc3cccnc3)c2)c(C)c1. The van der Waals surface area contributed by atoms with Gasteiger partial charge in [0.05, 0.1) is 7.11 Å². The van der Waals surface area contributed by atoms with Crippen molar-refractivity contribution in [2.45, 2.75) is 13.5 Å². The Bertz CT molecular complexity index is 1020. The van der Waals surface area contributed by atoms with E-state index in [0.717, 1.165) is 11.1 Å². The lowest BCUT2D eigenvalue weighted by Gasteiger charge is -2.12. The number of hydrogen-bond acceptors (Lipinski definition) is 6. The molecule has 1 aromatic heterocycles. The number of carbonyl (C=O) groups is 2. The van der Waals surface area contributed by atoms with Crippen LogP contribution in [0, 0.1) is 6.92 Å². The highest BCUT2D eigenvalue weighted by molar-refractivity contribution is 6.04. The molecular formula is C23H22N2O5. The topological polar surface area (TPSA) is 86.8 Å². The lowest BCUT2D eigenvalue weighted by Crippen LogP contribution is -2.14. The van der Waals surface area contributed by atoms with Crippen LogP contribution >= 0.6 is 0 Å². The van der Waals surface area contributed by atoms with Crippen molar-refractivity contribution in [2.24, 2.45) is 0 Å². The van der Waals surface area contributed by atoms with Gasteiger partial charge in [0.2, 0.25) is 0 Å². The van der Waals surface area contributed by atoms with Crippen LogP contribution in [0.2, 0.25) is 0 Å². The maximum atomic E-state index is 12.7. The van der Waals surface area contributed by atoms with Crippen LogP contribution in [-0.2, 0) is 16.1 Å². The van der Waals surface area contributed by atoms with Crippen LogP contribution in [0.5, 0.6) is 11.5 Å². The van der Waals surface area contributed by atoms with E-state index >= 15 is 0 Å². The number of anilines is 1. The zero-order valence-corrected chi connectivity index (χ0v) is 16.8. The van der Waals surface area contributed by atoms with E-state index in [1.54, 1.807) is 54.9 Å². The molecule has 7 nitrogen and oxygen atoms in total. The number of aryl methyl sites for hydroxylation is 1. The van der Waals surface area contributed by atoms with Gasteiger partial charge in [0.15, 0.2) is 6.61 Å². The summed E-state index contributed by atoms with van der Waals surface area (Å²) in [6, 6.07) is 15.9. The molecular weight excluding hydrogens is 384 g/mol. The maximum Gasteiger partial charge on any atom is 0.343 e. The van der Waals surface area contributed by atoms with Gasteiger partial charge in [0.25, 0.3) is 5.91 Å². The Morgan fingerprint density at radius 2 is 1.83 bits per heavy atom. The molecule has 0 saturated carbocycles. The van der Waals surface area contributed by atoms with Crippen LogP contribution in [0.25, 0.3) is 0 Å². The van der Waals surface area contributed by atoms with E-state index in [-0.39, 0.29) is 12.5 Å². The second-order valence-electron chi connectivity index (χ2n) is 6.47. The molecule has 1 heterocycles. The summed E-state index contributed by atoms with van der Waals surface area (Å²) in [5, 5.41) is 2.88. The number of benzene rings is 2. The lowest BCUT2D eigenvalue weighted by molar-refractivity contribution is -0.142. The molecule has 0 bridgehead atoms. The quantitative estimate of drug-likeness (QED) is 0.573. The van der Waals surface area contributed by atoms with Crippen LogP contribution in [0.15, 0.2) is 67.0 Å². The minimum absolute atomic E-state index is 0.173. The molecule has 7 heteroatoms. The molecule has 0 aliphatic carbocycles. The van der Waals surface area contributed by atoms with E-state index in [4.69, 9.17) is 9.47 Å². The fraction of sp³-hybridized carbons (Fsp3) is 0.174. The molecule has 0 saturated heterocycles. The van der Waals surface area contributed by atoms with Crippen LogP contribution in [0.3, 0.4) is 0 Å². The van der Waals surface area contributed by atoms with E-state index in [2.05, 4.69) is 15.0 Å². The number of pyridine rings is 1. The molecule has 1 amide bonds. The molecule has 0 radical (unpaired) electrons. The van der Waals surface area contributed by atoms with E-state index in [9.17, 15) is 9.59 Å². The zero-order chi connectivity index (χ0) is 21.3. The first-order chi connectivity index (χ1) is 14.5. The summed E-state index contributed by atoms with van der Waals surface area (Å²) in [5.74, 6) is 0.389. The van der Waals surface area contributed by atoms with E-state index in [1.165, 1.54) is 7.11 Å². The number of rotatable bonds is 8. The second-order valence-corrected chi connectivity index (χ2v) is 6.47. The third-order valence-electron chi connectivity index (χ3n) is 4.25. The number of carbonyl (C=O) groups excluding carboxylic acids is 2. The van der Waals surface area contributed by atoms with Gasteiger partial charge in [-0.2, -0.15) is 0 Å². The van der Waals surface area contributed by atoms with Crippen molar-refractivity contribution in [1.29, 1.82) is 0 Å². The number of methoxy groups -OCH3 is 1. The Labute approximate surface area is 174 Å². The van der Waals surface area contributed by atoms with Gasteiger partial charge >= 0.3 is 5.97 Å². The normalized spacial score (nSPS) is 10.2. The number of nitrogens with one attached hydrogen (secondary N) is 1. The van der Waals surface area contributed by atoms with Crippen molar-refractivity contribution in [3.05, 3.63) is 83.7 Å². The minimum Gasteiger partial charge on any atom is -0.489 e. The van der Waals surface area contributed by atoms with Crippen molar-refractivity contribution in [2.75, 3.05) is 19.0 Å². The summed E-state index contributed by atoms with van der Waals surface area (Å²) in [7, 11) is 1.30. The maximum absolute atomic E-state index is 12.7. The van der Waals surface area contributed by atoms with Gasteiger partial charge in [-0.15, -0.1) is 0 Å². The predicted molar refractivity (Wildman–Crippen MR) is 112 cm³/mol. The van der Waals surface area contributed by atoms with Gasteiger partial charge in [0.1, 0.15) is 18.1 Å². The minimum atomic E-state index is -0.462. The van der Waals surface area contributed by atoms with E-state index in [1.807, 2.05) is 19.1 Å². The van der Waals surface area contributed by atoms with Gasteiger partial charge in [-0.3, -0.25) is 9.78 Å². The second kappa shape index (κ2) is 10.1. The first-order valence-corrected chi connectivity index (χ1v) is 9.28. The molecule has 0 fully saturated rings. The highest BCUT2D eigenvalue weighted by atomic mass is 16.6. The van der Waals surface area contributed by atoms with Crippen LogP contribution in [0.4, 0.5) is 5.69 Å². The first kappa shape index (κ1) is 20.9. The van der Waals surface area contributed by atoms with Crippen molar-refractivity contribution in [3.8, 4) is 11.5 Å². The highest BCUT2D eigenvalue weighted by Gasteiger charge is 2.10. The number of amides is 1. The Morgan fingerprint density at radius 1 is 1.00 bits per heavy atom. The molecule has 30 heavy (non-hydrogen) atoms. The number of nitrogens with zero attached hydrogens (tertiary/aromatic N) is 1. The fourth-order valence-electron chi connectivity index (χ4n) is 2.64. The summed E-state index contributed by atoms with van der Waals surface area (Å²) in [4.78, 5) is 27.9. The average molecular weight is 406 g/mol. The number of aromatic nitrogens is 1. The Morgan fingerprint density at radius 3 is 2.57 bits per heavy atom. The van der Waals surface area contributed by atoms with E-state index in [0.29, 0.717) is 29.4 Å². The molecule has 2 aromatic carbocycles. The van der Waals surface area contributed by atoms with Crippen molar-refractivity contribution in [1.82, 2.24) is 4.98 Å². The first-order valence-electron chi connectivity index (χ1n) is 9.28. The molecule has 3 aromatic rings. The van der Waals surface area contributed by atoms with E-state index < -0.39 is 5.97 Å². The molecule has 3 rings (SSSR count). The predicted octanol–water partition coefficient (Wildman–Crippen LogP) is 3.77. The van der Waals surface area contributed by atoms with Gasteiger partial charge in [-0.1, -0.05) is 12.1 Å². The van der Waals surface area contributed by atoms with Gasteiger partial charge in [-0.25, -0.2) is 4.79 Å². The Hall–Kier alpha value is -3.87. The average Bonchev–Trinajstić information content (AvgIpc) is 2.78. The van der Waals surface area contributed by atoms with Gasteiger partial charge in [0, 0.05) is 29.2 Å². The summed E-state index contributed by atoms with van der Waals surface area (Å²) >= 11 is 0. The van der Waals surface area contributed by atoms with Crippen LogP contribution < -0.4 is 14.8 Å². The molecule has 0 atom stereocenters. The molecule has 0 aliphatic rings. The third-order valence-corrected chi connectivity index (χ3v) is 4.25. The van der Waals surface area contributed by atoms with Crippen molar-refractivity contribution < 1.29 is 23.8 Å².